The molecule has 0 aliphatic carbocycles. The minimum Gasteiger partial charge on any atom is -0.294 e. The van der Waals surface area contributed by atoms with Crippen molar-refractivity contribution in [2.24, 2.45) is 0 Å². The third-order valence-electron chi connectivity index (χ3n) is 3.16. The van der Waals surface area contributed by atoms with Crippen LogP contribution in [0.4, 0.5) is 8.78 Å². The van der Waals surface area contributed by atoms with E-state index in [2.05, 4.69) is 9.97 Å². The molecule has 0 atom stereocenters. The van der Waals surface area contributed by atoms with E-state index in [1.165, 1.54) is 12.3 Å². The summed E-state index contributed by atoms with van der Waals surface area (Å²) in [5, 5.41) is 0. The van der Waals surface area contributed by atoms with E-state index in [0.29, 0.717) is 16.6 Å². The van der Waals surface area contributed by atoms with Crippen LogP contribution in [0.5, 0.6) is 0 Å². The summed E-state index contributed by atoms with van der Waals surface area (Å²) in [5.74, 6) is -1.64. The van der Waals surface area contributed by atoms with Crippen LogP contribution in [0.2, 0.25) is 0 Å². The Morgan fingerprint density at radius 1 is 0.952 bits per heavy atom. The Morgan fingerprint density at radius 3 is 2.48 bits per heavy atom. The Balaban J connectivity index is 1.89. The molecule has 0 saturated heterocycles. The van der Waals surface area contributed by atoms with Crippen LogP contribution in [0.3, 0.4) is 0 Å². The Bertz CT molecular complexity index is 833. The second kappa shape index (κ2) is 5.36. The Labute approximate surface area is 119 Å². The van der Waals surface area contributed by atoms with Gasteiger partial charge in [0.2, 0.25) is 0 Å². The van der Waals surface area contributed by atoms with Crippen LogP contribution < -0.4 is 0 Å². The van der Waals surface area contributed by atoms with Crippen LogP contribution in [0, 0.1) is 11.6 Å². The Morgan fingerprint density at radius 2 is 1.71 bits per heavy atom. The van der Waals surface area contributed by atoms with Gasteiger partial charge in [0.15, 0.2) is 5.78 Å². The minimum absolute atomic E-state index is 0.127. The quantitative estimate of drug-likeness (QED) is 0.693. The summed E-state index contributed by atoms with van der Waals surface area (Å²) in [6, 6.07) is 8.12. The number of benzene rings is 2. The number of Topliss-reactive ketones (excluding diaryl/α,β-unsaturated/α-hetero) is 1. The maximum Gasteiger partial charge on any atom is 0.167 e. The van der Waals surface area contributed by atoms with Gasteiger partial charge in [0.05, 0.1) is 11.0 Å². The summed E-state index contributed by atoms with van der Waals surface area (Å²) in [4.78, 5) is 20.4. The van der Waals surface area contributed by atoms with Gasteiger partial charge in [-0.2, -0.15) is 0 Å². The van der Waals surface area contributed by atoms with Crippen LogP contribution in [-0.4, -0.2) is 15.8 Å². The molecule has 0 radical (unpaired) electrons. The largest absolute Gasteiger partial charge is 0.294 e. The third-order valence-corrected chi connectivity index (χ3v) is 3.16. The molecule has 0 unspecified atom stereocenters. The standard InChI is InChI=1S/C16H10F2N2O/c17-12-3-1-10(13(18)9-12)8-16(21)11-2-4-14-15(7-11)20-6-5-19-14/h1-7,9H,8H2. The van der Waals surface area contributed by atoms with Crippen LogP contribution in [-0.2, 0) is 6.42 Å². The van der Waals surface area contributed by atoms with Crippen LogP contribution in [0.1, 0.15) is 15.9 Å². The summed E-state index contributed by atoms with van der Waals surface area (Å²) >= 11 is 0. The minimum atomic E-state index is -0.719. The average Bonchev–Trinajstić information content (AvgIpc) is 2.49. The van der Waals surface area contributed by atoms with Crippen LogP contribution in [0.25, 0.3) is 11.0 Å². The number of nitrogens with zero attached hydrogens (tertiary/aromatic N) is 2. The van der Waals surface area contributed by atoms with Crippen molar-refractivity contribution in [2.75, 3.05) is 0 Å². The fourth-order valence-electron chi connectivity index (χ4n) is 2.08. The van der Waals surface area contributed by atoms with Crippen LogP contribution >= 0.6 is 0 Å². The lowest BCUT2D eigenvalue weighted by Crippen LogP contribution is -2.05. The summed E-state index contributed by atoms with van der Waals surface area (Å²) in [6.07, 6.45) is 2.98. The number of rotatable bonds is 3. The summed E-state index contributed by atoms with van der Waals surface area (Å²) in [7, 11) is 0. The molecular formula is C16H10F2N2O. The zero-order valence-corrected chi connectivity index (χ0v) is 10.9. The summed E-state index contributed by atoms with van der Waals surface area (Å²) < 4.78 is 26.4. The molecule has 104 valence electrons. The predicted octanol–water partition coefficient (Wildman–Crippen LogP) is 3.33. The smallest absolute Gasteiger partial charge is 0.167 e. The second-order valence-electron chi connectivity index (χ2n) is 4.60. The fourth-order valence-corrected chi connectivity index (χ4v) is 2.08. The molecule has 5 heteroatoms. The molecule has 0 bridgehead atoms. The molecule has 0 fully saturated rings. The molecule has 1 aromatic heterocycles. The van der Waals surface area contributed by atoms with Crippen molar-refractivity contribution in [3.8, 4) is 0 Å². The number of hydrogen-bond donors (Lipinski definition) is 0. The summed E-state index contributed by atoms with van der Waals surface area (Å²) in [5.41, 5.74) is 1.87. The number of aromatic nitrogens is 2. The lowest BCUT2D eigenvalue weighted by Gasteiger charge is -2.04. The zero-order chi connectivity index (χ0) is 14.8. The fraction of sp³-hybridized carbons (Fsp3) is 0.0625. The van der Waals surface area contributed by atoms with Gasteiger partial charge < -0.3 is 0 Å². The number of hydrogen-bond acceptors (Lipinski definition) is 3. The highest BCUT2D eigenvalue weighted by molar-refractivity contribution is 5.99. The number of halogens is 2. The second-order valence-corrected chi connectivity index (χ2v) is 4.60. The van der Waals surface area contributed by atoms with Crippen molar-refractivity contribution < 1.29 is 13.6 Å². The first kappa shape index (κ1) is 13.3. The highest BCUT2D eigenvalue weighted by atomic mass is 19.1. The van der Waals surface area contributed by atoms with E-state index in [1.54, 1.807) is 24.4 Å². The Hall–Kier alpha value is -2.69. The molecule has 1 heterocycles. The number of ketones is 1. The van der Waals surface area contributed by atoms with Gasteiger partial charge >= 0.3 is 0 Å². The Kier molecular flexibility index (Phi) is 3.39. The van der Waals surface area contributed by atoms with Gasteiger partial charge in [-0.1, -0.05) is 6.07 Å². The molecular weight excluding hydrogens is 274 g/mol. The maximum atomic E-state index is 13.6. The molecule has 3 nitrogen and oxygen atoms in total. The number of carbonyl (C=O) groups excluding carboxylic acids is 1. The van der Waals surface area contributed by atoms with E-state index < -0.39 is 11.6 Å². The van der Waals surface area contributed by atoms with Gasteiger partial charge in [-0.3, -0.25) is 14.8 Å². The first-order chi connectivity index (χ1) is 10.1. The predicted molar refractivity (Wildman–Crippen MR) is 73.9 cm³/mol. The normalized spacial score (nSPS) is 10.8. The van der Waals surface area contributed by atoms with E-state index in [9.17, 15) is 13.6 Å². The molecule has 0 saturated carbocycles. The number of fused-ring (bicyclic) bond motifs is 1. The SMILES string of the molecule is O=C(Cc1ccc(F)cc1F)c1ccc2nccnc2c1. The molecule has 3 rings (SSSR count). The molecule has 21 heavy (non-hydrogen) atoms. The van der Waals surface area contributed by atoms with E-state index in [4.69, 9.17) is 0 Å². The average molecular weight is 284 g/mol. The van der Waals surface area contributed by atoms with Crippen molar-refractivity contribution in [3.05, 3.63) is 71.6 Å². The lowest BCUT2D eigenvalue weighted by atomic mass is 10.0. The van der Waals surface area contributed by atoms with Crippen molar-refractivity contribution in [1.82, 2.24) is 9.97 Å². The van der Waals surface area contributed by atoms with Gasteiger partial charge in [-0.05, 0) is 29.8 Å². The lowest BCUT2D eigenvalue weighted by molar-refractivity contribution is 0.0992. The molecule has 0 aliphatic heterocycles. The van der Waals surface area contributed by atoms with Crippen molar-refractivity contribution >= 4 is 16.8 Å². The highest BCUT2D eigenvalue weighted by Crippen LogP contribution is 2.16. The van der Waals surface area contributed by atoms with E-state index in [1.807, 2.05) is 0 Å². The van der Waals surface area contributed by atoms with Crippen molar-refractivity contribution in [2.45, 2.75) is 6.42 Å². The van der Waals surface area contributed by atoms with Crippen molar-refractivity contribution in [3.63, 3.8) is 0 Å². The monoisotopic (exact) mass is 284 g/mol. The first-order valence-corrected chi connectivity index (χ1v) is 6.31. The van der Waals surface area contributed by atoms with Crippen LogP contribution in [0.15, 0.2) is 48.8 Å². The van der Waals surface area contributed by atoms with E-state index in [0.717, 1.165) is 12.1 Å². The van der Waals surface area contributed by atoms with Gasteiger partial charge in [0.25, 0.3) is 0 Å². The van der Waals surface area contributed by atoms with Gasteiger partial charge in [-0.15, -0.1) is 0 Å². The molecule has 0 spiro atoms. The molecule has 0 N–H and O–H groups in total. The van der Waals surface area contributed by atoms with Gasteiger partial charge in [0.1, 0.15) is 11.6 Å². The zero-order valence-electron chi connectivity index (χ0n) is 10.9. The summed E-state index contributed by atoms with van der Waals surface area (Å²) in [6.45, 7) is 0. The van der Waals surface area contributed by atoms with E-state index >= 15 is 0 Å². The maximum absolute atomic E-state index is 13.6. The first-order valence-electron chi connectivity index (χ1n) is 6.31. The van der Waals surface area contributed by atoms with Gasteiger partial charge in [0, 0.05) is 30.4 Å². The molecule has 3 aromatic rings. The molecule has 2 aromatic carbocycles. The van der Waals surface area contributed by atoms with Gasteiger partial charge in [-0.25, -0.2) is 8.78 Å². The third kappa shape index (κ3) is 2.76. The topological polar surface area (TPSA) is 42.9 Å². The van der Waals surface area contributed by atoms with E-state index in [-0.39, 0.29) is 17.8 Å². The molecule has 0 aliphatic rings. The number of carbonyl (C=O) groups is 1. The van der Waals surface area contributed by atoms with Crippen molar-refractivity contribution in [1.29, 1.82) is 0 Å². The molecule has 0 amide bonds. The highest BCUT2D eigenvalue weighted by Gasteiger charge is 2.12.